The van der Waals surface area contributed by atoms with Crippen molar-refractivity contribution in [3.05, 3.63) is 82.9 Å². The Kier molecular flexibility index (Phi) is 7.75. The van der Waals surface area contributed by atoms with E-state index in [1.54, 1.807) is 0 Å². The molecule has 0 radical (unpaired) electrons. The number of rotatable bonds is 7. The molecule has 1 fully saturated rings. The molecule has 8 nitrogen and oxygen atoms in total. The molecule has 0 atom stereocenters. The minimum Gasteiger partial charge on any atom is -0.322 e. The summed E-state index contributed by atoms with van der Waals surface area (Å²) in [4.78, 5) is 12.5. The summed E-state index contributed by atoms with van der Waals surface area (Å²) in [5.74, 6) is -0.717. The number of anilines is 2. The Bertz CT molecular complexity index is 1570. The lowest BCUT2D eigenvalue weighted by atomic mass is 10.2. The Balaban J connectivity index is 1.50. The van der Waals surface area contributed by atoms with Gasteiger partial charge in [0, 0.05) is 24.5 Å². The van der Waals surface area contributed by atoms with Crippen molar-refractivity contribution >= 4 is 48.9 Å². The molecule has 3 aromatic carbocycles. The molecule has 2 N–H and O–H groups in total. The second-order valence-corrected chi connectivity index (χ2v) is 12.4. The third-order valence-corrected chi connectivity index (χ3v) is 9.37. The average Bonchev–Trinajstić information content (AvgIpc) is 3.40. The Labute approximate surface area is 222 Å². The summed E-state index contributed by atoms with van der Waals surface area (Å²) < 4.78 is 93.2. The van der Waals surface area contributed by atoms with Gasteiger partial charge in [-0.3, -0.25) is 9.52 Å². The van der Waals surface area contributed by atoms with Crippen LogP contribution in [0.15, 0.2) is 76.5 Å². The second-order valence-electron chi connectivity index (χ2n) is 8.42. The van der Waals surface area contributed by atoms with Crippen molar-refractivity contribution in [3.63, 3.8) is 0 Å². The first-order valence-electron chi connectivity index (χ1n) is 11.2. The number of nitrogens with one attached hydrogen (secondary N) is 2. The molecule has 1 heterocycles. The summed E-state index contributed by atoms with van der Waals surface area (Å²) in [6.45, 7) is 0.786. The summed E-state index contributed by atoms with van der Waals surface area (Å²) >= 11 is 6.14. The number of alkyl halides is 3. The standard InChI is InChI=1S/C24H21ClF3N3O5S2/c25-22-11-10-20(38(35,36)31-12-1-2-13-31)15-21(22)23(32)29-17-6-8-19(9-7-17)37(33,34)30-18-5-3-4-16(14-18)24(26,27)28/h3-11,14-15,30H,1-2,12-13H2,(H,29,32). The van der Waals surface area contributed by atoms with Crippen LogP contribution >= 0.6 is 11.6 Å². The van der Waals surface area contributed by atoms with Crippen LogP contribution in [0, 0.1) is 0 Å². The van der Waals surface area contributed by atoms with Gasteiger partial charge in [0.2, 0.25) is 10.0 Å². The third kappa shape index (κ3) is 6.12. The lowest BCUT2D eigenvalue weighted by Crippen LogP contribution is -2.28. The number of carbonyl (C=O) groups is 1. The fourth-order valence-electron chi connectivity index (χ4n) is 3.81. The van der Waals surface area contributed by atoms with Gasteiger partial charge in [0.1, 0.15) is 0 Å². The maximum atomic E-state index is 12.9. The number of hydrogen-bond donors (Lipinski definition) is 2. The molecule has 1 saturated heterocycles. The van der Waals surface area contributed by atoms with Gasteiger partial charge in [-0.05, 0) is 73.5 Å². The van der Waals surface area contributed by atoms with Crippen molar-refractivity contribution < 1.29 is 34.8 Å². The molecule has 0 aliphatic carbocycles. The van der Waals surface area contributed by atoms with Gasteiger partial charge < -0.3 is 5.32 Å². The normalized spacial score (nSPS) is 14.8. The fourth-order valence-corrected chi connectivity index (χ4v) is 6.60. The number of benzene rings is 3. The van der Waals surface area contributed by atoms with Crippen LogP contribution in [-0.2, 0) is 26.2 Å². The quantitative estimate of drug-likeness (QED) is 0.395. The zero-order valence-corrected chi connectivity index (χ0v) is 21.9. The SMILES string of the molecule is O=C(Nc1ccc(S(=O)(=O)Nc2cccc(C(F)(F)F)c2)cc1)c1cc(S(=O)(=O)N2CCCC2)ccc1Cl. The number of carbonyl (C=O) groups excluding carboxylic acids is 1. The van der Waals surface area contributed by atoms with Gasteiger partial charge in [-0.2, -0.15) is 17.5 Å². The molecule has 1 aliphatic rings. The molecule has 3 aromatic rings. The predicted octanol–water partition coefficient (Wildman–Crippen LogP) is 5.20. The predicted molar refractivity (Wildman–Crippen MR) is 136 cm³/mol. The summed E-state index contributed by atoms with van der Waals surface area (Å²) in [7, 11) is -8.02. The van der Waals surface area contributed by atoms with E-state index in [0.29, 0.717) is 19.2 Å². The summed E-state index contributed by atoms with van der Waals surface area (Å²) in [5.41, 5.74) is -1.19. The first-order chi connectivity index (χ1) is 17.8. The van der Waals surface area contributed by atoms with E-state index in [1.807, 2.05) is 0 Å². The molecule has 1 aliphatic heterocycles. The molecular weight excluding hydrogens is 567 g/mol. The maximum Gasteiger partial charge on any atom is 0.416 e. The van der Waals surface area contributed by atoms with Crippen molar-refractivity contribution in [2.24, 2.45) is 0 Å². The smallest absolute Gasteiger partial charge is 0.322 e. The van der Waals surface area contributed by atoms with Gasteiger partial charge >= 0.3 is 6.18 Å². The van der Waals surface area contributed by atoms with E-state index in [2.05, 4.69) is 10.0 Å². The van der Waals surface area contributed by atoms with Crippen LogP contribution in [0.1, 0.15) is 28.8 Å². The number of halogens is 4. The van der Waals surface area contributed by atoms with E-state index in [9.17, 15) is 34.8 Å². The van der Waals surface area contributed by atoms with Crippen molar-refractivity contribution in [1.82, 2.24) is 4.31 Å². The largest absolute Gasteiger partial charge is 0.416 e. The highest BCUT2D eigenvalue weighted by Gasteiger charge is 2.31. The first-order valence-corrected chi connectivity index (χ1v) is 14.5. The Morgan fingerprint density at radius 3 is 2.11 bits per heavy atom. The molecule has 38 heavy (non-hydrogen) atoms. The highest BCUT2D eigenvalue weighted by molar-refractivity contribution is 7.92. The highest BCUT2D eigenvalue weighted by Crippen LogP contribution is 2.31. The lowest BCUT2D eigenvalue weighted by Gasteiger charge is -2.16. The highest BCUT2D eigenvalue weighted by atomic mass is 35.5. The zero-order chi connectivity index (χ0) is 27.7. The summed E-state index contributed by atoms with van der Waals surface area (Å²) in [5, 5.41) is 2.55. The van der Waals surface area contributed by atoms with Crippen LogP contribution in [0.2, 0.25) is 5.02 Å². The van der Waals surface area contributed by atoms with E-state index >= 15 is 0 Å². The molecule has 14 heteroatoms. The van der Waals surface area contributed by atoms with E-state index in [-0.39, 0.29) is 31.8 Å². The zero-order valence-electron chi connectivity index (χ0n) is 19.5. The van der Waals surface area contributed by atoms with Gasteiger partial charge in [0.15, 0.2) is 0 Å². The van der Waals surface area contributed by atoms with E-state index in [0.717, 1.165) is 37.1 Å². The van der Waals surface area contributed by atoms with Crippen molar-refractivity contribution in [3.8, 4) is 0 Å². The Morgan fingerprint density at radius 1 is 0.842 bits per heavy atom. The minimum atomic E-state index is -4.64. The number of sulfonamides is 2. The number of amides is 1. The van der Waals surface area contributed by atoms with Crippen molar-refractivity contribution in [2.75, 3.05) is 23.1 Å². The van der Waals surface area contributed by atoms with E-state index in [1.165, 1.54) is 40.7 Å². The molecule has 0 spiro atoms. The molecule has 202 valence electrons. The van der Waals surface area contributed by atoms with Crippen molar-refractivity contribution in [2.45, 2.75) is 28.8 Å². The molecule has 0 aromatic heterocycles. The topological polar surface area (TPSA) is 113 Å². The van der Waals surface area contributed by atoms with Gasteiger partial charge in [-0.1, -0.05) is 17.7 Å². The molecule has 4 rings (SSSR count). The summed E-state index contributed by atoms with van der Waals surface area (Å²) in [6, 6.07) is 12.4. The van der Waals surface area contributed by atoms with Crippen LogP contribution in [0.5, 0.6) is 0 Å². The number of hydrogen-bond acceptors (Lipinski definition) is 5. The molecular formula is C24H21ClF3N3O5S2. The van der Waals surface area contributed by atoms with Gasteiger partial charge in [-0.25, -0.2) is 16.8 Å². The summed E-state index contributed by atoms with van der Waals surface area (Å²) in [6.07, 6.45) is -3.13. The second kappa shape index (κ2) is 10.6. The molecule has 0 saturated carbocycles. The minimum absolute atomic E-state index is 0.0207. The van der Waals surface area contributed by atoms with Crippen LogP contribution in [-0.4, -0.2) is 40.1 Å². The van der Waals surface area contributed by atoms with Crippen LogP contribution in [0.4, 0.5) is 24.5 Å². The maximum absolute atomic E-state index is 12.9. The van der Waals surface area contributed by atoms with Gasteiger partial charge in [0.05, 0.1) is 25.9 Å². The van der Waals surface area contributed by atoms with Crippen molar-refractivity contribution in [1.29, 1.82) is 0 Å². The average molecular weight is 588 g/mol. The van der Waals surface area contributed by atoms with Gasteiger partial charge in [-0.15, -0.1) is 0 Å². The third-order valence-electron chi connectivity index (χ3n) is 5.75. The molecule has 0 unspecified atom stereocenters. The molecule has 0 bridgehead atoms. The lowest BCUT2D eigenvalue weighted by molar-refractivity contribution is -0.137. The van der Waals surface area contributed by atoms with Crippen LogP contribution < -0.4 is 10.0 Å². The van der Waals surface area contributed by atoms with Gasteiger partial charge in [0.25, 0.3) is 15.9 Å². The van der Waals surface area contributed by atoms with Crippen LogP contribution in [0.3, 0.4) is 0 Å². The number of nitrogens with zero attached hydrogens (tertiary/aromatic N) is 1. The van der Waals surface area contributed by atoms with E-state index in [4.69, 9.17) is 11.6 Å². The Hall–Kier alpha value is -3.13. The monoisotopic (exact) mass is 587 g/mol. The Morgan fingerprint density at radius 2 is 1.47 bits per heavy atom. The first kappa shape index (κ1) is 27.9. The molecule has 1 amide bonds. The van der Waals surface area contributed by atoms with E-state index < -0.39 is 37.7 Å². The van der Waals surface area contributed by atoms with Crippen LogP contribution in [0.25, 0.3) is 0 Å². The fraction of sp³-hybridized carbons (Fsp3) is 0.208.